The van der Waals surface area contributed by atoms with E-state index in [0.717, 1.165) is 17.2 Å². The average Bonchev–Trinajstić information content (AvgIpc) is 3.13. The summed E-state index contributed by atoms with van der Waals surface area (Å²) in [4.78, 5) is 9.29. The number of rotatable bonds is 5. The molecule has 1 aliphatic rings. The Balaban J connectivity index is 2.34. The molecule has 0 spiro atoms. The van der Waals surface area contributed by atoms with Gasteiger partial charge in [0.15, 0.2) is 5.82 Å². The van der Waals surface area contributed by atoms with Crippen LogP contribution in [-0.2, 0) is 4.74 Å². The Bertz CT molecular complexity index is 406. The van der Waals surface area contributed by atoms with Gasteiger partial charge in [-0.1, -0.05) is 6.92 Å². The quantitative estimate of drug-likeness (QED) is 0.869. The standard InChI is InChI=1S/C14H23N3O/c1-8(7-15)12-9(2)16-14(17-10(12)3)13(18-4)11-5-6-11/h8,11,13H,5-7,15H2,1-4H3. The summed E-state index contributed by atoms with van der Waals surface area (Å²) in [5.74, 6) is 1.75. The van der Waals surface area contributed by atoms with Crippen molar-refractivity contribution in [1.29, 1.82) is 0 Å². The molecule has 4 nitrogen and oxygen atoms in total. The van der Waals surface area contributed by atoms with Gasteiger partial charge in [-0.3, -0.25) is 0 Å². The van der Waals surface area contributed by atoms with E-state index in [1.807, 2.05) is 13.8 Å². The van der Waals surface area contributed by atoms with E-state index in [4.69, 9.17) is 10.5 Å². The molecule has 1 fully saturated rings. The zero-order valence-electron chi connectivity index (χ0n) is 11.7. The van der Waals surface area contributed by atoms with E-state index in [2.05, 4.69) is 16.9 Å². The largest absolute Gasteiger partial charge is 0.373 e. The molecule has 2 rings (SSSR count). The molecule has 1 aromatic rings. The highest BCUT2D eigenvalue weighted by molar-refractivity contribution is 5.28. The predicted molar refractivity (Wildman–Crippen MR) is 71.4 cm³/mol. The lowest BCUT2D eigenvalue weighted by Crippen LogP contribution is -2.17. The van der Waals surface area contributed by atoms with E-state index in [0.29, 0.717) is 18.4 Å². The van der Waals surface area contributed by atoms with E-state index >= 15 is 0 Å². The highest BCUT2D eigenvalue weighted by atomic mass is 16.5. The van der Waals surface area contributed by atoms with Gasteiger partial charge < -0.3 is 10.5 Å². The van der Waals surface area contributed by atoms with Gasteiger partial charge in [0, 0.05) is 18.5 Å². The number of nitrogens with two attached hydrogens (primary N) is 1. The molecule has 2 N–H and O–H groups in total. The average molecular weight is 249 g/mol. The zero-order chi connectivity index (χ0) is 13.3. The third kappa shape index (κ3) is 2.54. The van der Waals surface area contributed by atoms with Crippen molar-refractivity contribution in [3.8, 4) is 0 Å². The predicted octanol–water partition coefficient (Wildman–Crippen LogP) is 2.25. The van der Waals surface area contributed by atoms with E-state index in [1.54, 1.807) is 7.11 Å². The first-order valence-corrected chi connectivity index (χ1v) is 6.66. The molecule has 1 heterocycles. The Hall–Kier alpha value is -1.00. The van der Waals surface area contributed by atoms with Crippen molar-refractivity contribution in [2.24, 2.45) is 11.7 Å². The molecule has 1 saturated carbocycles. The van der Waals surface area contributed by atoms with Gasteiger partial charge in [-0.2, -0.15) is 0 Å². The van der Waals surface area contributed by atoms with Crippen LogP contribution >= 0.6 is 0 Å². The first kappa shape index (κ1) is 13.4. The Kier molecular flexibility index (Phi) is 3.97. The van der Waals surface area contributed by atoms with Crippen LogP contribution in [0.1, 0.15) is 54.6 Å². The van der Waals surface area contributed by atoms with Crippen LogP contribution in [0, 0.1) is 19.8 Å². The molecule has 0 aromatic carbocycles. The molecule has 0 radical (unpaired) electrons. The summed E-state index contributed by atoms with van der Waals surface area (Å²) in [5.41, 5.74) is 9.01. The van der Waals surface area contributed by atoms with Crippen LogP contribution in [0.3, 0.4) is 0 Å². The SMILES string of the molecule is COC(c1nc(C)c(C(C)CN)c(C)n1)C1CC1. The molecular weight excluding hydrogens is 226 g/mol. The lowest BCUT2D eigenvalue weighted by molar-refractivity contribution is 0.0768. The van der Waals surface area contributed by atoms with Crippen LogP contribution in [0.5, 0.6) is 0 Å². The van der Waals surface area contributed by atoms with E-state index < -0.39 is 0 Å². The van der Waals surface area contributed by atoms with Crippen LogP contribution in [0.15, 0.2) is 0 Å². The maximum atomic E-state index is 5.74. The molecule has 1 aliphatic carbocycles. The summed E-state index contributed by atoms with van der Waals surface area (Å²) in [7, 11) is 1.74. The van der Waals surface area contributed by atoms with Gasteiger partial charge in [-0.15, -0.1) is 0 Å². The molecule has 0 amide bonds. The lowest BCUT2D eigenvalue weighted by Gasteiger charge is -2.19. The maximum Gasteiger partial charge on any atom is 0.157 e. The van der Waals surface area contributed by atoms with E-state index in [-0.39, 0.29) is 6.10 Å². The van der Waals surface area contributed by atoms with Crippen molar-refractivity contribution in [3.63, 3.8) is 0 Å². The maximum absolute atomic E-state index is 5.74. The van der Waals surface area contributed by atoms with E-state index in [9.17, 15) is 0 Å². The fourth-order valence-corrected chi connectivity index (χ4v) is 2.62. The van der Waals surface area contributed by atoms with Crippen molar-refractivity contribution in [1.82, 2.24) is 9.97 Å². The van der Waals surface area contributed by atoms with Crippen LogP contribution < -0.4 is 5.73 Å². The highest BCUT2D eigenvalue weighted by Gasteiger charge is 2.34. The number of aryl methyl sites for hydroxylation is 2. The molecule has 100 valence electrons. The number of ether oxygens (including phenoxy) is 1. The normalized spacial score (nSPS) is 18.7. The fraction of sp³-hybridized carbons (Fsp3) is 0.714. The fourth-order valence-electron chi connectivity index (χ4n) is 2.62. The van der Waals surface area contributed by atoms with Gasteiger partial charge in [0.25, 0.3) is 0 Å². The van der Waals surface area contributed by atoms with Gasteiger partial charge in [0.05, 0.1) is 0 Å². The van der Waals surface area contributed by atoms with Crippen LogP contribution in [0.4, 0.5) is 0 Å². The summed E-state index contributed by atoms with van der Waals surface area (Å²) in [6, 6.07) is 0. The first-order chi connectivity index (χ1) is 8.58. The van der Waals surface area contributed by atoms with Crippen molar-refractivity contribution in [3.05, 3.63) is 22.8 Å². The monoisotopic (exact) mass is 249 g/mol. The Morgan fingerprint density at radius 2 is 1.83 bits per heavy atom. The third-order valence-corrected chi connectivity index (χ3v) is 3.75. The molecule has 0 bridgehead atoms. The molecule has 2 atom stereocenters. The summed E-state index contributed by atoms with van der Waals surface area (Å²) in [6.07, 6.45) is 2.51. The summed E-state index contributed by atoms with van der Waals surface area (Å²) >= 11 is 0. The summed E-state index contributed by atoms with van der Waals surface area (Å²) in [5, 5.41) is 0. The first-order valence-electron chi connectivity index (χ1n) is 6.66. The third-order valence-electron chi connectivity index (χ3n) is 3.75. The zero-order valence-corrected chi connectivity index (χ0v) is 11.7. The van der Waals surface area contributed by atoms with Crippen molar-refractivity contribution in [2.75, 3.05) is 13.7 Å². The second kappa shape index (κ2) is 5.33. The smallest absolute Gasteiger partial charge is 0.157 e. The second-order valence-corrected chi connectivity index (χ2v) is 5.30. The lowest BCUT2D eigenvalue weighted by atomic mass is 9.98. The summed E-state index contributed by atoms with van der Waals surface area (Å²) < 4.78 is 5.55. The second-order valence-electron chi connectivity index (χ2n) is 5.30. The van der Waals surface area contributed by atoms with Gasteiger partial charge in [0.2, 0.25) is 0 Å². The minimum atomic E-state index is 0.0598. The highest BCUT2D eigenvalue weighted by Crippen LogP contribution is 2.42. The Labute approximate surface area is 109 Å². The molecule has 0 saturated heterocycles. The summed E-state index contributed by atoms with van der Waals surface area (Å²) in [6.45, 7) is 6.83. The van der Waals surface area contributed by atoms with Gasteiger partial charge in [-0.25, -0.2) is 9.97 Å². The Morgan fingerprint density at radius 3 is 2.22 bits per heavy atom. The van der Waals surface area contributed by atoms with Gasteiger partial charge in [-0.05, 0) is 50.6 Å². The molecule has 1 aromatic heterocycles. The minimum Gasteiger partial charge on any atom is -0.373 e. The van der Waals surface area contributed by atoms with Crippen LogP contribution in [0.25, 0.3) is 0 Å². The number of methoxy groups -OCH3 is 1. The number of hydrogen-bond donors (Lipinski definition) is 1. The molecule has 0 aliphatic heterocycles. The Morgan fingerprint density at radius 1 is 1.28 bits per heavy atom. The minimum absolute atomic E-state index is 0.0598. The molecule has 4 heteroatoms. The van der Waals surface area contributed by atoms with Crippen molar-refractivity contribution < 1.29 is 4.74 Å². The molecule has 2 unspecified atom stereocenters. The van der Waals surface area contributed by atoms with Crippen molar-refractivity contribution >= 4 is 0 Å². The topological polar surface area (TPSA) is 61.0 Å². The van der Waals surface area contributed by atoms with E-state index in [1.165, 1.54) is 18.4 Å². The number of nitrogens with zero attached hydrogens (tertiary/aromatic N) is 2. The molecular formula is C14H23N3O. The number of hydrogen-bond acceptors (Lipinski definition) is 4. The van der Waals surface area contributed by atoms with Crippen LogP contribution in [-0.4, -0.2) is 23.6 Å². The van der Waals surface area contributed by atoms with Crippen molar-refractivity contribution in [2.45, 2.75) is 45.6 Å². The van der Waals surface area contributed by atoms with Crippen LogP contribution in [0.2, 0.25) is 0 Å². The number of aromatic nitrogens is 2. The molecule has 18 heavy (non-hydrogen) atoms. The van der Waals surface area contributed by atoms with Gasteiger partial charge in [0.1, 0.15) is 6.10 Å². The van der Waals surface area contributed by atoms with Gasteiger partial charge >= 0.3 is 0 Å².